The van der Waals surface area contributed by atoms with E-state index in [-0.39, 0.29) is 11.7 Å². The number of methoxy groups -OCH3 is 1. The highest BCUT2D eigenvalue weighted by molar-refractivity contribution is 6.00. The summed E-state index contributed by atoms with van der Waals surface area (Å²) in [6.45, 7) is 6.30. The molecule has 2 aromatic carbocycles. The van der Waals surface area contributed by atoms with E-state index in [1.54, 1.807) is 25.3 Å². The molecular formula is C21H24N2O4. The molecule has 1 saturated heterocycles. The summed E-state index contributed by atoms with van der Waals surface area (Å²) in [5, 5.41) is 0. The Morgan fingerprint density at radius 1 is 1.19 bits per heavy atom. The number of nitrogens with one attached hydrogen (secondary N) is 1. The second kappa shape index (κ2) is 8.22. The molecule has 6 heteroatoms. The maximum atomic E-state index is 12.6. The molecule has 1 N–H and O–H groups in total. The number of nitrogens with zero attached hydrogens (tertiary/aromatic N) is 1. The fourth-order valence-electron chi connectivity index (χ4n) is 3.19. The van der Waals surface area contributed by atoms with E-state index < -0.39 is 5.76 Å². The maximum Gasteiger partial charge on any atom is 0.417 e. The molecule has 0 bridgehead atoms. The van der Waals surface area contributed by atoms with Crippen LogP contribution in [0.25, 0.3) is 11.1 Å². The van der Waals surface area contributed by atoms with Gasteiger partial charge in [-0.15, -0.1) is 0 Å². The molecule has 0 atom stereocenters. The van der Waals surface area contributed by atoms with Crippen LogP contribution >= 0.6 is 0 Å². The number of hydrogen-bond donors (Lipinski definition) is 1. The highest BCUT2D eigenvalue weighted by Crippen LogP contribution is 2.24. The summed E-state index contributed by atoms with van der Waals surface area (Å²) in [6, 6.07) is 13.0. The Morgan fingerprint density at radius 3 is 2.56 bits per heavy atom. The number of fused-ring (bicyclic) bond motifs is 1. The number of likely N-dealkylation sites (tertiary alicyclic amines) is 1. The molecule has 1 aromatic heterocycles. The molecule has 0 amide bonds. The Labute approximate surface area is 157 Å². The van der Waals surface area contributed by atoms with Gasteiger partial charge < -0.3 is 9.15 Å². The lowest BCUT2D eigenvalue weighted by molar-refractivity contribution is 0.0595. The van der Waals surface area contributed by atoms with Gasteiger partial charge >= 0.3 is 5.76 Å². The van der Waals surface area contributed by atoms with Gasteiger partial charge in [0, 0.05) is 31.1 Å². The van der Waals surface area contributed by atoms with E-state index in [0.29, 0.717) is 16.7 Å². The number of benzene rings is 2. The summed E-state index contributed by atoms with van der Waals surface area (Å²) in [6.07, 6.45) is 0. The van der Waals surface area contributed by atoms with Crippen molar-refractivity contribution in [1.29, 1.82) is 0 Å². The molecule has 0 spiro atoms. The number of oxazole rings is 1. The van der Waals surface area contributed by atoms with Gasteiger partial charge in [-0.2, -0.15) is 0 Å². The third-order valence-corrected chi connectivity index (χ3v) is 4.60. The summed E-state index contributed by atoms with van der Waals surface area (Å²) in [5.74, 6) is 0.436. The summed E-state index contributed by atoms with van der Waals surface area (Å²) in [4.78, 5) is 28.6. The van der Waals surface area contributed by atoms with Crippen molar-refractivity contribution >= 4 is 16.9 Å². The van der Waals surface area contributed by atoms with Crippen LogP contribution in [0.15, 0.2) is 51.7 Å². The van der Waals surface area contributed by atoms with Crippen LogP contribution in [0.5, 0.6) is 5.75 Å². The highest BCUT2D eigenvalue weighted by Gasteiger charge is 2.33. The Balaban J connectivity index is 0.00000102. The zero-order valence-electron chi connectivity index (χ0n) is 15.8. The summed E-state index contributed by atoms with van der Waals surface area (Å²) >= 11 is 0. The minimum atomic E-state index is -0.506. The zero-order chi connectivity index (χ0) is 19.4. The second-order valence-corrected chi connectivity index (χ2v) is 6.33. The largest absolute Gasteiger partial charge is 0.497 e. The first-order valence-corrected chi connectivity index (χ1v) is 9.15. The van der Waals surface area contributed by atoms with E-state index in [0.717, 1.165) is 25.4 Å². The first-order valence-electron chi connectivity index (χ1n) is 9.15. The molecule has 1 fully saturated rings. The Kier molecular flexibility index (Phi) is 5.76. The number of aromatic nitrogens is 1. The number of aromatic amines is 1. The SMILES string of the molecule is CC.COc1ccc(CN2CC(C(=O)c3ccc4oc(=O)[nH]c4c3)C2)cc1. The topological polar surface area (TPSA) is 75.5 Å². The minimum Gasteiger partial charge on any atom is -0.497 e. The van der Waals surface area contributed by atoms with Crippen LogP contribution in [-0.4, -0.2) is 35.9 Å². The molecule has 0 saturated carbocycles. The fraction of sp³-hybridized carbons (Fsp3) is 0.333. The normalized spacial score (nSPS) is 14.3. The lowest BCUT2D eigenvalue weighted by atomic mass is 9.90. The smallest absolute Gasteiger partial charge is 0.417 e. The molecular weight excluding hydrogens is 344 g/mol. The lowest BCUT2D eigenvalue weighted by Crippen LogP contribution is -2.49. The van der Waals surface area contributed by atoms with Crippen molar-refractivity contribution in [3.05, 3.63) is 64.1 Å². The number of H-pyrrole nitrogens is 1. The van der Waals surface area contributed by atoms with Crippen LogP contribution in [0.1, 0.15) is 29.8 Å². The van der Waals surface area contributed by atoms with Crippen LogP contribution < -0.4 is 10.5 Å². The minimum absolute atomic E-state index is 0.00526. The number of rotatable bonds is 5. The van der Waals surface area contributed by atoms with Crippen molar-refractivity contribution in [2.75, 3.05) is 20.2 Å². The fourth-order valence-corrected chi connectivity index (χ4v) is 3.19. The molecule has 142 valence electrons. The summed E-state index contributed by atoms with van der Waals surface area (Å²) in [5.41, 5.74) is 2.84. The van der Waals surface area contributed by atoms with Gasteiger partial charge in [0.1, 0.15) is 5.75 Å². The molecule has 6 nitrogen and oxygen atoms in total. The Bertz CT molecular complexity index is 966. The number of Topliss-reactive ketones (excluding diaryl/α,β-unsaturated/α-hetero) is 1. The molecule has 4 rings (SSSR count). The van der Waals surface area contributed by atoms with Crippen molar-refractivity contribution in [1.82, 2.24) is 9.88 Å². The zero-order valence-corrected chi connectivity index (χ0v) is 15.8. The average molecular weight is 368 g/mol. The number of carbonyl (C=O) groups is 1. The standard InChI is InChI=1S/C19H18N2O4.C2H6/c1-24-15-5-2-12(3-6-15)9-21-10-14(11-21)18(22)13-4-7-17-16(8-13)20-19(23)25-17;1-2/h2-8,14H,9-11H2,1H3,(H,20,23);1-2H3. The summed E-state index contributed by atoms with van der Waals surface area (Å²) in [7, 11) is 1.65. The average Bonchev–Trinajstić information content (AvgIpc) is 3.05. The van der Waals surface area contributed by atoms with E-state index in [4.69, 9.17) is 9.15 Å². The number of hydrogen-bond acceptors (Lipinski definition) is 5. The van der Waals surface area contributed by atoms with Crippen LogP contribution in [0, 0.1) is 5.92 Å². The van der Waals surface area contributed by atoms with Gasteiger partial charge in [0.15, 0.2) is 11.4 Å². The van der Waals surface area contributed by atoms with Crippen LogP contribution in [0.2, 0.25) is 0 Å². The monoisotopic (exact) mass is 368 g/mol. The number of ketones is 1. The van der Waals surface area contributed by atoms with Crippen LogP contribution in [0.3, 0.4) is 0 Å². The van der Waals surface area contributed by atoms with Crippen LogP contribution in [-0.2, 0) is 6.54 Å². The van der Waals surface area contributed by atoms with Gasteiger partial charge in [0.2, 0.25) is 0 Å². The van der Waals surface area contributed by atoms with Crippen LogP contribution in [0.4, 0.5) is 0 Å². The van der Waals surface area contributed by atoms with Crippen molar-refractivity contribution in [2.24, 2.45) is 5.92 Å². The van der Waals surface area contributed by atoms with Crippen molar-refractivity contribution in [3.63, 3.8) is 0 Å². The van der Waals surface area contributed by atoms with Gasteiger partial charge in [-0.05, 0) is 35.9 Å². The van der Waals surface area contributed by atoms with Gasteiger partial charge in [0.25, 0.3) is 0 Å². The molecule has 0 aliphatic carbocycles. The van der Waals surface area contributed by atoms with E-state index >= 15 is 0 Å². The lowest BCUT2D eigenvalue weighted by Gasteiger charge is -2.38. The van der Waals surface area contributed by atoms with Crippen molar-refractivity contribution < 1.29 is 13.9 Å². The third kappa shape index (κ3) is 4.11. The van der Waals surface area contributed by atoms with Gasteiger partial charge in [0.05, 0.1) is 12.6 Å². The molecule has 1 aliphatic rings. The predicted octanol–water partition coefficient (Wildman–Crippen LogP) is 3.47. The Morgan fingerprint density at radius 2 is 1.89 bits per heavy atom. The number of ether oxygens (including phenoxy) is 1. The second-order valence-electron chi connectivity index (χ2n) is 6.33. The molecule has 0 radical (unpaired) electrons. The summed E-state index contributed by atoms with van der Waals surface area (Å²) < 4.78 is 10.1. The number of carbonyl (C=O) groups excluding carboxylic acids is 1. The van der Waals surface area contributed by atoms with E-state index in [2.05, 4.69) is 9.88 Å². The quantitative estimate of drug-likeness (QED) is 0.698. The highest BCUT2D eigenvalue weighted by atomic mass is 16.5. The van der Waals surface area contributed by atoms with Gasteiger partial charge in [-0.3, -0.25) is 14.7 Å². The van der Waals surface area contributed by atoms with E-state index in [1.165, 1.54) is 5.56 Å². The van der Waals surface area contributed by atoms with E-state index in [9.17, 15) is 9.59 Å². The van der Waals surface area contributed by atoms with Gasteiger partial charge in [-0.1, -0.05) is 26.0 Å². The molecule has 3 aromatic rings. The van der Waals surface area contributed by atoms with Crippen molar-refractivity contribution in [3.8, 4) is 5.75 Å². The maximum absolute atomic E-state index is 12.6. The molecule has 27 heavy (non-hydrogen) atoms. The van der Waals surface area contributed by atoms with E-state index in [1.807, 2.05) is 38.1 Å². The third-order valence-electron chi connectivity index (χ3n) is 4.60. The molecule has 2 heterocycles. The first kappa shape index (κ1) is 18.9. The Hall–Kier alpha value is -2.86. The van der Waals surface area contributed by atoms with Gasteiger partial charge in [-0.25, -0.2) is 4.79 Å². The molecule has 0 unspecified atom stereocenters. The van der Waals surface area contributed by atoms with Crippen molar-refractivity contribution in [2.45, 2.75) is 20.4 Å². The first-order chi connectivity index (χ1) is 13.1. The molecule has 1 aliphatic heterocycles. The predicted molar refractivity (Wildman–Crippen MR) is 104 cm³/mol.